The molecule has 1 spiro atoms. The van der Waals surface area contributed by atoms with E-state index >= 15 is 0 Å². The highest BCUT2D eigenvalue weighted by Crippen LogP contribution is 2.48. The number of ether oxygens (including phenoxy) is 8. The van der Waals surface area contributed by atoms with E-state index in [-0.39, 0.29) is 35.9 Å². The fourth-order valence-corrected chi connectivity index (χ4v) is 16.7. The van der Waals surface area contributed by atoms with E-state index in [2.05, 4.69) is 167 Å². The number of nitrogens with one attached hydrogen (secondary N) is 7. The van der Waals surface area contributed by atoms with Crippen molar-refractivity contribution in [2.75, 3.05) is 166 Å². The van der Waals surface area contributed by atoms with Gasteiger partial charge >= 0.3 is 42.6 Å². The van der Waals surface area contributed by atoms with Crippen molar-refractivity contribution in [1.82, 2.24) is 95.4 Å². The largest absolute Gasteiger partial charge is 0.494 e. The number of rotatable bonds is 8. The summed E-state index contributed by atoms with van der Waals surface area (Å²) < 4.78 is 159. The zero-order chi connectivity index (χ0) is 103. The third-order valence-corrected chi connectivity index (χ3v) is 24.9. The molecular formula is C108H120F9N23O8. The van der Waals surface area contributed by atoms with Crippen molar-refractivity contribution in [1.29, 1.82) is 0 Å². The third kappa shape index (κ3) is 33.2. The number of piperazine rings is 2. The Morgan fingerprint density at radius 3 is 1.03 bits per heavy atom. The van der Waals surface area contributed by atoms with Gasteiger partial charge in [-0.05, 0) is 167 Å². The molecule has 28 bridgehead atoms. The Morgan fingerprint density at radius 1 is 0.311 bits per heavy atom. The van der Waals surface area contributed by atoms with Gasteiger partial charge in [0.05, 0.1) is 32.0 Å². The van der Waals surface area contributed by atoms with Gasteiger partial charge in [0.1, 0.15) is 52.9 Å². The van der Waals surface area contributed by atoms with E-state index in [1.54, 1.807) is 0 Å². The van der Waals surface area contributed by atoms with Crippen molar-refractivity contribution in [3.05, 3.63) is 310 Å². The Balaban J connectivity index is 0.000000141. The van der Waals surface area contributed by atoms with Crippen LogP contribution in [0.3, 0.4) is 0 Å². The first kappa shape index (κ1) is 106. The molecule has 778 valence electrons. The molecule has 0 amide bonds. The van der Waals surface area contributed by atoms with Crippen LogP contribution >= 0.6 is 0 Å². The topological polar surface area (TPSA) is 326 Å². The number of aromatic nitrogens is 12. The molecule has 0 unspecified atom stereocenters. The highest BCUT2D eigenvalue weighted by atomic mass is 19.4. The second-order valence-electron chi connectivity index (χ2n) is 36.2. The number of fused-ring (bicyclic) bond motifs is 2. The average Bonchev–Trinajstić information content (AvgIpc) is 1.61. The third-order valence-electron chi connectivity index (χ3n) is 24.9. The molecule has 33 rings (SSSR count). The predicted molar refractivity (Wildman–Crippen MR) is 546 cm³/mol. The van der Waals surface area contributed by atoms with E-state index < -0.39 is 43.9 Å². The summed E-state index contributed by atoms with van der Waals surface area (Å²) in [5, 5.41) is 22.9. The van der Waals surface area contributed by atoms with Gasteiger partial charge in [-0.15, -0.1) is 0 Å². The SMILES string of the molecule is C=C1NCCCCOc2ccc(cc2)C2(CC2)Nc2nc(nc(OCC(F)(F)F)n2)Cc2ccc1cc2.C=C1NCCNCCCOc2ccc(cc2)CNc2nc(nc(OCC)n2)Cc2ccc1cc2.C=C1c2ccc(cc2)Cc2nc(nc(OCC(F)(F)F)n2)NCc2ccc(cc2)OCCCN2CCN1CC2.C=C1c2ccc(cc2)Cc2nc(nc(OCC(F)(F)F)n2)NCc2ccc(cc2)OCCN2CCN1CC2. The maximum Gasteiger partial charge on any atom is 0.422 e. The minimum atomic E-state index is -4.51. The first-order chi connectivity index (χ1) is 71.6. The minimum Gasteiger partial charge on any atom is -0.494 e. The van der Waals surface area contributed by atoms with E-state index in [1.807, 2.05) is 177 Å². The number of hydrogen-bond donors (Lipinski definition) is 7. The van der Waals surface area contributed by atoms with Crippen LogP contribution in [0.2, 0.25) is 0 Å². The summed E-state index contributed by atoms with van der Waals surface area (Å²) in [6.07, 6.45) is -6.62. The van der Waals surface area contributed by atoms with Crippen LogP contribution in [0.25, 0.3) is 22.8 Å². The Morgan fingerprint density at radius 2 is 0.642 bits per heavy atom. The molecule has 40 heteroatoms. The zero-order valence-electron chi connectivity index (χ0n) is 82.4. The summed E-state index contributed by atoms with van der Waals surface area (Å²) in [7, 11) is 0. The van der Waals surface area contributed by atoms with E-state index in [9.17, 15) is 39.5 Å². The van der Waals surface area contributed by atoms with E-state index in [0.29, 0.717) is 114 Å². The van der Waals surface area contributed by atoms with Crippen LogP contribution in [0.4, 0.5) is 63.3 Å². The van der Waals surface area contributed by atoms with Gasteiger partial charge in [0, 0.05) is 153 Å². The molecule has 1 aliphatic carbocycles. The number of hydrogen-bond acceptors (Lipinski definition) is 31. The summed E-state index contributed by atoms with van der Waals surface area (Å²) in [4.78, 5) is 60.9. The molecule has 8 aromatic carbocycles. The van der Waals surface area contributed by atoms with E-state index in [4.69, 9.17) is 37.9 Å². The zero-order valence-corrected chi connectivity index (χ0v) is 82.4. The molecule has 12 aromatic rings. The minimum absolute atomic E-state index is 0.137. The molecule has 3 fully saturated rings. The summed E-state index contributed by atoms with van der Waals surface area (Å²) >= 11 is 0. The van der Waals surface area contributed by atoms with E-state index in [1.165, 1.54) is 0 Å². The molecular weight excluding hydrogens is 1920 g/mol. The van der Waals surface area contributed by atoms with Crippen molar-refractivity contribution in [3.63, 3.8) is 0 Å². The predicted octanol–water partition coefficient (Wildman–Crippen LogP) is 17.0. The summed E-state index contributed by atoms with van der Waals surface area (Å²) in [6, 6.07) is 62.2. The van der Waals surface area contributed by atoms with Crippen molar-refractivity contribution in [3.8, 4) is 47.0 Å². The van der Waals surface area contributed by atoms with Crippen molar-refractivity contribution < 1.29 is 77.4 Å². The summed E-state index contributed by atoms with van der Waals surface area (Å²) in [5.74, 6) is 5.72. The molecule has 1 saturated carbocycles. The normalized spacial score (nSPS) is 16.7. The molecule has 7 N–H and O–H groups in total. The standard InChI is InChI=1S/C28H31F3N6O2.C27H29F3N6O2.C27H28F3N5O2.C26H32N6O2/c1-20-23-7-3-21(4-8-23)17-25-33-26(35-27(34-25)39-19-28(29,30)31)32-18-22-5-9-24(10-6-22)38-16-2-11-36-12-14-37(20)15-13-36;1-19-22-6-2-20(3-7-22)16-24-32-25(34-26(33-24)38-18-27(28,29)30)31-17-21-4-8-23(9-5-21)37-15-14-35-10-12-36(19)13-11-35;1-18-20-6-4-19(5-7-20)16-23-32-24(34-25(33-23)37-17-27(28,29)30)35-26(12-13-26)21-8-10-22(11-9-21)36-15-3-2-14-31-18;1-3-33-26-31-24-17-20-5-9-22(10-6-20)19(2)28-15-14-27-13-4-16-34-23-11-7-21(8-12-23)18-29-25(30-24)32-26/h3-10H,1-2,11-19H2,(H,32,33,34,35);2-9H,1,10-18H2,(H,31,32,33,34);4-11,31H,1-3,12-17H2,(H,32,33,34,35);5-12,27-28H,2-4,13-18H2,1H3,(H,29,30,31,32). The molecule has 0 radical (unpaired) electrons. The molecule has 20 aliphatic heterocycles. The van der Waals surface area contributed by atoms with Crippen LogP contribution in [-0.4, -0.2) is 242 Å². The first-order valence-corrected chi connectivity index (χ1v) is 49.4. The second kappa shape index (κ2) is 50.8. The lowest BCUT2D eigenvalue weighted by atomic mass is 10.1. The number of halogens is 9. The smallest absolute Gasteiger partial charge is 0.422 e. The van der Waals surface area contributed by atoms with Gasteiger partial charge in [-0.25, -0.2) is 0 Å². The fourth-order valence-electron chi connectivity index (χ4n) is 16.7. The number of nitrogens with zero attached hydrogens (tertiary/aromatic N) is 16. The van der Waals surface area contributed by atoms with Crippen LogP contribution in [0.15, 0.2) is 220 Å². The van der Waals surface area contributed by atoms with Crippen molar-refractivity contribution >= 4 is 46.6 Å². The van der Waals surface area contributed by atoms with Crippen LogP contribution in [-0.2, 0) is 50.9 Å². The van der Waals surface area contributed by atoms with Gasteiger partial charge in [0.25, 0.3) is 0 Å². The highest BCUT2D eigenvalue weighted by Gasteiger charge is 2.46. The highest BCUT2D eigenvalue weighted by molar-refractivity contribution is 5.65. The first-order valence-electron chi connectivity index (χ1n) is 49.4. The van der Waals surface area contributed by atoms with Crippen LogP contribution in [0, 0.1) is 0 Å². The lowest BCUT2D eigenvalue weighted by Gasteiger charge is -2.37. The second-order valence-corrected chi connectivity index (χ2v) is 36.2. The van der Waals surface area contributed by atoms with Crippen molar-refractivity contribution in [2.45, 2.75) is 115 Å². The monoisotopic (exact) mass is 2040 g/mol. The lowest BCUT2D eigenvalue weighted by Crippen LogP contribution is -2.46. The van der Waals surface area contributed by atoms with Gasteiger partial charge in [-0.2, -0.15) is 99.3 Å². The Kier molecular flexibility index (Phi) is 36.2. The Labute approximate surface area is 853 Å². The molecule has 4 aromatic heterocycles. The molecule has 148 heavy (non-hydrogen) atoms. The molecule has 0 atom stereocenters. The van der Waals surface area contributed by atoms with Crippen LogP contribution < -0.4 is 75.1 Å². The molecule has 31 nitrogen and oxygen atoms in total. The van der Waals surface area contributed by atoms with Gasteiger partial charge in [0.2, 0.25) is 23.8 Å². The molecule has 2 saturated heterocycles. The van der Waals surface area contributed by atoms with Gasteiger partial charge < -0.3 is 84.9 Å². The summed E-state index contributed by atoms with van der Waals surface area (Å²) in [5.41, 5.74) is 15.1. The van der Waals surface area contributed by atoms with Gasteiger partial charge in [-0.3, -0.25) is 9.80 Å². The maximum absolute atomic E-state index is 12.8. The Bertz CT molecular complexity index is 6350. The molecule has 21 aliphatic rings. The van der Waals surface area contributed by atoms with Gasteiger partial charge in [0.15, 0.2) is 19.8 Å². The van der Waals surface area contributed by atoms with Crippen LogP contribution in [0.5, 0.6) is 47.0 Å². The molecule has 24 heterocycles. The quantitative estimate of drug-likeness (QED) is 0.0695. The number of anilines is 4. The number of benzene rings is 8. The number of alkyl halides is 9. The Hall–Kier alpha value is -15.2. The fraction of sp³-hybridized carbons (Fsp3) is 0.370. The van der Waals surface area contributed by atoms with Gasteiger partial charge in [-0.1, -0.05) is 172 Å². The maximum atomic E-state index is 12.8. The lowest BCUT2D eigenvalue weighted by molar-refractivity contribution is -0.155. The average molecular weight is 2040 g/mol. The summed E-state index contributed by atoms with van der Waals surface area (Å²) in [6.45, 7) is 31.3. The van der Waals surface area contributed by atoms with E-state index in [0.717, 1.165) is 243 Å². The van der Waals surface area contributed by atoms with Crippen molar-refractivity contribution in [2.24, 2.45) is 0 Å². The van der Waals surface area contributed by atoms with Crippen LogP contribution in [0.1, 0.15) is 136 Å².